The molecule has 1 aromatic carbocycles. The number of hydrogen-bond acceptors (Lipinski definition) is 1. The van der Waals surface area contributed by atoms with E-state index >= 15 is 0 Å². The van der Waals surface area contributed by atoms with Crippen molar-refractivity contribution in [2.45, 2.75) is 83.8 Å². The van der Waals surface area contributed by atoms with Gasteiger partial charge in [-0.25, -0.2) is 0 Å². The van der Waals surface area contributed by atoms with Crippen molar-refractivity contribution in [1.29, 1.82) is 0 Å². The van der Waals surface area contributed by atoms with E-state index in [0.29, 0.717) is 0 Å². The monoisotopic (exact) mass is 384 g/mol. The van der Waals surface area contributed by atoms with Crippen LogP contribution in [-0.2, 0) is 18.2 Å². The summed E-state index contributed by atoms with van der Waals surface area (Å²) in [6, 6.07) is 5.94. The maximum Gasteiger partial charge on any atom is 0.245 e. The molecule has 0 saturated heterocycles. The molecule has 1 aromatic rings. The maximum atomic E-state index is 6.69. The summed E-state index contributed by atoms with van der Waals surface area (Å²) in [5, 5.41) is 0.928. The van der Waals surface area contributed by atoms with Crippen LogP contribution in [0, 0.1) is 0 Å². The number of unbranched alkanes of at least 4 members (excludes halogenated alkanes) is 1. The molecule has 1 nitrogen and oxygen atoms in total. The Hall–Kier alpha value is -0.283. The van der Waals surface area contributed by atoms with Crippen LogP contribution in [0.4, 0.5) is 0 Å². The molecule has 0 atom stereocenters. The molecule has 0 bridgehead atoms. The van der Waals surface area contributed by atoms with E-state index in [9.17, 15) is 0 Å². The van der Waals surface area contributed by atoms with Gasteiger partial charge in [0.25, 0.3) is 0 Å². The molecule has 0 spiro atoms. The smallest absolute Gasteiger partial charge is 0.245 e. The van der Waals surface area contributed by atoms with E-state index in [0.717, 1.165) is 18.2 Å². The quantitative estimate of drug-likeness (QED) is 0.315. The van der Waals surface area contributed by atoms with Crippen LogP contribution in [0.15, 0.2) is 12.1 Å². The van der Waals surface area contributed by atoms with Gasteiger partial charge in [0.05, 0.1) is 0 Å². The molecule has 126 valence electrons. The highest BCUT2D eigenvalue weighted by Crippen LogP contribution is 2.32. The van der Waals surface area contributed by atoms with Gasteiger partial charge in [-0.05, 0) is 48.7 Å². The van der Waals surface area contributed by atoms with Gasteiger partial charge in [-0.15, -0.1) is 0 Å². The van der Waals surface area contributed by atoms with Crippen LogP contribution >= 0.6 is 15.9 Å². The van der Waals surface area contributed by atoms with Gasteiger partial charge in [-0.2, -0.15) is 0 Å². The van der Waals surface area contributed by atoms with Crippen LogP contribution in [-0.4, -0.2) is 8.32 Å². The Morgan fingerprint density at radius 3 is 1.91 bits per heavy atom. The summed E-state index contributed by atoms with van der Waals surface area (Å²) >= 11 is 3.62. The molecular formula is C19H33BrOSi. The number of halogens is 1. The Morgan fingerprint density at radius 1 is 0.955 bits per heavy atom. The molecule has 0 aliphatic heterocycles. The highest BCUT2D eigenvalue weighted by atomic mass is 79.9. The Bertz CT molecular complexity index is 430. The highest BCUT2D eigenvalue weighted by Gasteiger charge is 2.26. The molecule has 0 heterocycles. The van der Waals surface area contributed by atoms with E-state index in [1.165, 1.54) is 54.2 Å². The maximum absolute atomic E-state index is 6.69. The average molecular weight is 385 g/mol. The minimum absolute atomic E-state index is 0.928. The van der Waals surface area contributed by atoms with Crippen LogP contribution in [0.2, 0.25) is 19.1 Å². The molecule has 0 unspecified atom stereocenters. The van der Waals surface area contributed by atoms with Gasteiger partial charge in [0.1, 0.15) is 5.75 Å². The minimum atomic E-state index is -1.63. The zero-order chi connectivity index (χ0) is 16.6. The standard InChI is InChI=1S/C19H33BrOSi/c1-6-9-12-22(4,5)21-19-17(10-7-2)13-16(15-20)14-18(19)11-8-3/h13-14H,6-12,15H2,1-5H3. The molecule has 0 aliphatic rings. The number of rotatable bonds is 10. The van der Waals surface area contributed by atoms with Crippen LogP contribution < -0.4 is 4.43 Å². The van der Waals surface area contributed by atoms with E-state index in [2.05, 4.69) is 61.9 Å². The van der Waals surface area contributed by atoms with Crippen LogP contribution in [0.3, 0.4) is 0 Å². The summed E-state index contributed by atoms with van der Waals surface area (Å²) in [5.41, 5.74) is 4.22. The zero-order valence-electron chi connectivity index (χ0n) is 15.1. The zero-order valence-corrected chi connectivity index (χ0v) is 17.7. The van der Waals surface area contributed by atoms with Crippen molar-refractivity contribution >= 4 is 24.2 Å². The lowest BCUT2D eigenvalue weighted by atomic mass is 9.99. The van der Waals surface area contributed by atoms with E-state index in [1.807, 2.05) is 0 Å². The highest BCUT2D eigenvalue weighted by molar-refractivity contribution is 9.08. The molecule has 3 heteroatoms. The second-order valence-electron chi connectivity index (χ2n) is 6.84. The third-order valence-corrected chi connectivity index (χ3v) is 6.97. The van der Waals surface area contributed by atoms with Crippen LogP contribution in [0.5, 0.6) is 5.75 Å². The molecule has 0 aliphatic carbocycles. The number of alkyl halides is 1. The van der Waals surface area contributed by atoms with Crippen molar-refractivity contribution in [3.05, 3.63) is 28.8 Å². The first-order chi connectivity index (χ1) is 10.5. The average Bonchev–Trinajstić information content (AvgIpc) is 2.48. The first-order valence-corrected chi connectivity index (χ1v) is 13.1. The molecular weight excluding hydrogens is 352 g/mol. The number of aryl methyl sites for hydroxylation is 2. The Balaban J connectivity index is 3.17. The van der Waals surface area contributed by atoms with Gasteiger partial charge >= 0.3 is 0 Å². The van der Waals surface area contributed by atoms with Crippen molar-refractivity contribution in [3.8, 4) is 5.75 Å². The van der Waals surface area contributed by atoms with Gasteiger partial charge < -0.3 is 4.43 Å². The second kappa shape index (κ2) is 9.77. The SMILES string of the molecule is CCCC[Si](C)(C)Oc1c(CCC)cc(CBr)cc1CCC. The van der Waals surface area contributed by atoms with Gasteiger partial charge in [0, 0.05) is 5.33 Å². The molecule has 22 heavy (non-hydrogen) atoms. The predicted molar refractivity (Wildman–Crippen MR) is 105 cm³/mol. The summed E-state index contributed by atoms with van der Waals surface area (Å²) in [6.07, 6.45) is 7.11. The molecule has 1 rings (SSSR count). The fourth-order valence-electron chi connectivity index (χ4n) is 2.87. The molecule has 0 radical (unpaired) electrons. The second-order valence-corrected chi connectivity index (χ2v) is 11.6. The summed E-state index contributed by atoms with van der Waals surface area (Å²) in [5.74, 6) is 1.22. The van der Waals surface area contributed by atoms with Crippen LogP contribution in [0.1, 0.15) is 63.1 Å². The van der Waals surface area contributed by atoms with Crippen molar-refractivity contribution in [2.24, 2.45) is 0 Å². The Morgan fingerprint density at radius 2 is 1.50 bits per heavy atom. The summed E-state index contributed by atoms with van der Waals surface area (Å²) in [6.45, 7) is 11.5. The lowest BCUT2D eigenvalue weighted by molar-refractivity contribution is 0.525. The van der Waals surface area contributed by atoms with Crippen molar-refractivity contribution < 1.29 is 4.43 Å². The summed E-state index contributed by atoms with van der Waals surface area (Å²) < 4.78 is 6.69. The van der Waals surface area contributed by atoms with E-state index in [-0.39, 0.29) is 0 Å². The normalized spacial score (nSPS) is 11.7. The van der Waals surface area contributed by atoms with Crippen LogP contribution in [0.25, 0.3) is 0 Å². The fraction of sp³-hybridized carbons (Fsp3) is 0.684. The van der Waals surface area contributed by atoms with Gasteiger partial charge in [-0.3, -0.25) is 0 Å². The van der Waals surface area contributed by atoms with E-state index < -0.39 is 8.32 Å². The summed E-state index contributed by atoms with van der Waals surface area (Å²) in [4.78, 5) is 0. The van der Waals surface area contributed by atoms with Crippen molar-refractivity contribution in [3.63, 3.8) is 0 Å². The third-order valence-electron chi connectivity index (χ3n) is 4.01. The molecule has 0 amide bonds. The largest absolute Gasteiger partial charge is 0.544 e. The van der Waals surface area contributed by atoms with E-state index in [1.54, 1.807) is 0 Å². The summed E-state index contributed by atoms with van der Waals surface area (Å²) in [7, 11) is -1.63. The van der Waals surface area contributed by atoms with Gasteiger partial charge in [-0.1, -0.05) is 74.5 Å². The lowest BCUT2D eigenvalue weighted by Crippen LogP contribution is -2.34. The van der Waals surface area contributed by atoms with Crippen molar-refractivity contribution in [2.75, 3.05) is 0 Å². The minimum Gasteiger partial charge on any atom is -0.544 e. The molecule has 0 saturated carbocycles. The predicted octanol–water partition coefficient (Wildman–Crippen LogP) is 6.87. The third kappa shape index (κ3) is 6.08. The molecule has 0 aromatic heterocycles. The molecule has 0 fully saturated rings. The fourth-order valence-corrected chi connectivity index (χ4v) is 5.32. The first kappa shape index (κ1) is 19.8. The molecule has 0 N–H and O–H groups in total. The number of benzene rings is 1. The lowest BCUT2D eigenvalue weighted by Gasteiger charge is -2.28. The van der Waals surface area contributed by atoms with Crippen molar-refractivity contribution in [1.82, 2.24) is 0 Å². The van der Waals surface area contributed by atoms with E-state index in [4.69, 9.17) is 4.43 Å². The Kier molecular flexibility index (Phi) is 8.77. The van der Waals surface area contributed by atoms with Gasteiger partial charge in [0.2, 0.25) is 8.32 Å². The van der Waals surface area contributed by atoms with Gasteiger partial charge in [0.15, 0.2) is 0 Å². The number of hydrogen-bond donors (Lipinski definition) is 0. The Labute approximate surface area is 147 Å². The topological polar surface area (TPSA) is 9.23 Å². The first-order valence-electron chi connectivity index (χ1n) is 8.87.